The first kappa shape index (κ1) is 24.7. The average Bonchev–Trinajstić information content (AvgIpc) is 2.58. The molecule has 2 atom stereocenters. The summed E-state index contributed by atoms with van der Waals surface area (Å²) in [5, 5.41) is 0. The SMILES string of the molecule is C=CC(C)/C=C(\SCCCC)[Se][Se]/C(=C/C(C)C=C)SCCCC. The summed E-state index contributed by atoms with van der Waals surface area (Å²) in [6, 6.07) is 0. The van der Waals surface area contributed by atoms with Crippen molar-refractivity contribution in [3.8, 4) is 0 Å². The summed E-state index contributed by atoms with van der Waals surface area (Å²) >= 11 is 5.35. The van der Waals surface area contributed by atoms with Gasteiger partial charge in [0, 0.05) is 0 Å². The second-order valence-corrected chi connectivity index (χ2v) is 15.4. The molecule has 0 aliphatic rings. The Kier molecular flexibility index (Phi) is 17.6. The molecule has 0 spiro atoms. The van der Waals surface area contributed by atoms with E-state index in [9.17, 15) is 0 Å². The van der Waals surface area contributed by atoms with Crippen LogP contribution in [0, 0.1) is 11.8 Å². The fourth-order valence-corrected chi connectivity index (χ4v) is 14.6. The summed E-state index contributed by atoms with van der Waals surface area (Å²) in [4.78, 5) is 0. The zero-order chi connectivity index (χ0) is 18.2. The fraction of sp³-hybridized carbons (Fsp3) is 0.600. The standard InChI is InChI=1S/C20H34S2Se2/c1-7-11-13-21-19(15-17(5)9-3)23-24-20(16-18(6)10-4)22-14-12-8-2/h9-10,15-18H,3-4,7-8,11-14H2,1-2,5-6H3/b19-15+,20-16+. The molecule has 0 nitrogen and oxygen atoms in total. The molecule has 0 aromatic rings. The van der Waals surface area contributed by atoms with Gasteiger partial charge in [-0.15, -0.1) is 0 Å². The van der Waals surface area contributed by atoms with Crippen LogP contribution in [0.15, 0.2) is 45.1 Å². The van der Waals surface area contributed by atoms with Gasteiger partial charge in [0.25, 0.3) is 0 Å². The van der Waals surface area contributed by atoms with Gasteiger partial charge in [-0.3, -0.25) is 0 Å². The quantitative estimate of drug-likeness (QED) is 0.141. The maximum atomic E-state index is 3.94. The van der Waals surface area contributed by atoms with Crippen LogP contribution in [0.1, 0.15) is 53.4 Å². The number of rotatable bonds is 15. The first-order chi connectivity index (χ1) is 11.6. The van der Waals surface area contributed by atoms with Crippen molar-refractivity contribution in [2.24, 2.45) is 11.8 Å². The molecule has 0 aliphatic carbocycles. The van der Waals surface area contributed by atoms with E-state index in [0.29, 0.717) is 38.1 Å². The van der Waals surface area contributed by atoms with Crippen LogP contribution in [0.3, 0.4) is 0 Å². The van der Waals surface area contributed by atoms with Crippen LogP contribution >= 0.6 is 23.5 Å². The second-order valence-electron chi connectivity index (χ2n) is 5.73. The van der Waals surface area contributed by atoms with Crippen LogP contribution in [0.4, 0.5) is 0 Å². The van der Waals surface area contributed by atoms with Crippen LogP contribution < -0.4 is 0 Å². The van der Waals surface area contributed by atoms with Crippen LogP contribution in [0.5, 0.6) is 0 Å². The van der Waals surface area contributed by atoms with Crippen LogP contribution in [0.25, 0.3) is 0 Å². The number of thioether (sulfide) groups is 2. The zero-order valence-electron chi connectivity index (χ0n) is 15.8. The summed E-state index contributed by atoms with van der Waals surface area (Å²) < 4.78 is 3.24. The number of unbranched alkanes of at least 4 members (excludes halogenated alkanes) is 2. The molecule has 0 radical (unpaired) electrons. The summed E-state index contributed by atoms with van der Waals surface area (Å²) in [5.41, 5.74) is 0. The predicted molar refractivity (Wildman–Crippen MR) is 121 cm³/mol. The van der Waals surface area contributed by atoms with Gasteiger partial charge in [0.1, 0.15) is 0 Å². The third-order valence-corrected chi connectivity index (χ3v) is 16.1. The Bertz CT molecular complexity index is 364. The Morgan fingerprint density at radius 1 is 0.833 bits per heavy atom. The molecular formula is C20H34S2Se2. The Balaban J connectivity index is 4.79. The molecule has 4 heteroatoms. The van der Waals surface area contributed by atoms with E-state index < -0.39 is 0 Å². The van der Waals surface area contributed by atoms with Crippen molar-refractivity contribution >= 4 is 49.8 Å². The van der Waals surface area contributed by atoms with Crippen molar-refractivity contribution in [1.29, 1.82) is 0 Å². The Hall–Kier alpha value is 0.699. The van der Waals surface area contributed by atoms with E-state index in [0.717, 1.165) is 0 Å². The number of hydrogen-bond acceptors (Lipinski definition) is 2. The van der Waals surface area contributed by atoms with Gasteiger partial charge in [-0.25, -0.2) is 0 Å². The molecule has 0 rings (SSSR count). The summed E-state index contributed by atoms with van der Waals surface area (Å²) in [6.07, 6.45) is 14.2. The van der Waals surface area contributed by atoms with Crippen molar-refractivity contribution in [3.63, 3.8) is 0 Å². The van der Waals surface area contributed by atoms with Gasteiger partial charge in [0.05, 0.1) is 0 Å². The van der Waals surface area contributed by atoms with Crippen LogP contribution in [0.2, 0.25) is 0 Å². The summed E-state index contributed by atoms with van der Waals surface area (Å²) in [5.74, 6) is 3.49. The molecule has 0 fully saturated rings. The summed E-state index contributed by atoms with van der Waals surface area (Å²) in [7, 11) is 0. The van der Waals surface area contributed by atoms with Crippen molar-refractivity contribution in [3.05, 3.63) is 45.1 Å². The van der Waals surface area contributed by atoms with E-state index in [1.165, 1.54) is 37.2 Å². The zero-order valence-corrected chi connectivity index (χ0v) is 20.8. The molecule has 0 bridgehead atoms. The molecule has 2 unspecified atom stereocenters. The minimum absolute atomic E-state index is 0.485. The average molecular weight is 497 g/mol. The van der Waals surface area contributed by atoms with Crippen molar-refractivity contribution in [1.82, 2.24) is 0 Å². The second kappa shape index (κ2) is 17.1. The van der Waals surface area contributed by atoms with E-state index in [2.05, 4.69) is 88.7 Å². The number of allylic oxidation sites excluding steroid dienone is 4. The monoisotopic (exact) mass is 498 g/mol. The van der Waals surface area contributed by atoms with Gasteiger partial charge in [0.15, 0.2) is 0 Å². The Morgan fingerprint density at radius 3 is 1.50 bits per heavy atom. The van der Waals surface area contributed by atoms with Crippen molar-refractivity contribution in [2.75, 3.05) is 11.5 Å². The van der Waals surface area contributed by atoms with E-state index in [-0.39, 0.29) is 0 Å². The van der Waals surface area contributed by atoms with E-state index in [1.807, 2.05) is 0 Å². The molecule has 0 N–H and O–H groups in total. The minimum atomic E-state index is 0.485. The normalized spacial score (nSPS) is 15.2. The molecule has 0 saturated carbocycles. The number of hydrogen-bond donors (Lipinski definition) is 0. The third kappa shape index (κ3) is 13.9. The Labute approximate surface area is 170 Å². The molecule has 138 valence electrons. The van der Waals surface area contributed by atoms with E-state index in [1.54, 1.807) is 7.61 Å². The molecule has 0 saturated heterocycles. The molecular weight excluding hydrogens is 462 g/mol. The van der Waals surface area contributed by atoms with Crippen molar-refractivity contribution < 1.29 is 0 Å². The van der Waals surface area contributed by atoms with E-state index >= 15 is 0 Å². The van der Waals surface area contributed by atoms with Gasteiger partial charge >= 0.3 is 172 Å². The molecule has 24 heavy (non-hydrogen) atoms. The molecule has 0 amide bonds. The molecule has 0 aromatic carbocycles. The molecule has 0 aliphatic heterocycles. The topological polar surface area (TPSA) is 0 Å². The van der Waals surface area contributed by atoms with E-state index in [4.69, 9.17) is 0 Å². The third-order valence-electron chi connectivity index (χ3n) is 3.23. The van der Waals surface area contributed by atoms with Gasteiger partial charge in [0.2, 0.25) is 0 Å². The van der Waals surface area contributed by atoms with Crippen molar-refractivity contribution in [2.45, 2.75) is 53.4 Å². The predicted octanol–water partition coefficient (Wildman–Crippen LogP) is 6.70. The molecule has 0 heterocycles. The van der Waals surface area contributed by atoms with Gasteiger partial charge in [-0.1, -0.05) is 0 Å². The fourth-order valence-electron chi connectivity index (χ4n) is 1.48. The van der Waals surface area contributed by atoms with Crippen LogP contribution in [-0.2, 0) is 0 Å². The molecule has 0 aromatic heterocycles. The first-order valence-corrected chi connectivity index (χ1v) is 16.9. The summed E-state index contributed by atoms with van der Waals surface area (Å²) in [6.45, 7) is 16.9. The van der Waals surface area contributed by atoms with Gasteiger partial charge < -0.3 is 0 Å². The van der Waals surface area contributed by atoms with Gasteiger partial charge in [-0.2, -0.15) is 0 Å². The Morgan fingerprint density at radius 2 is 1.21 bits per heavy atom. The first-order valence-electron chi connectivity index (χ1n) is 8.86. The van der Waals surface area contributed by atoms with Crippen LogP contribution in [-0.4, -0.2) is 37.8 Å². The van der Waals surface area contributed by atoms with Gasteiger partial charge in [-0.05, 0) is 0 Å². The maximum absolute atomic E-state index is 3.94.